The second-order valence-corrected chi connectivity index (χ2v) is 4.25. The van der Waals surface area contributed by atoms with E-state index in [0.29, 0.717) is 11.5 Å². The minimum atomic E-state index is 0.461. The maximum absolute atomic E-state index is 10.6. The quantitative estimate of drug-likeness (QED) is 0.401. The standard InChI is InChI=1S/C7H12O.C6H5N3/c1-6-2-4-7(8)5-3-6;7-9-8-6-4-2-1-3-5-6/h6H,2-5H2,1H3;1-5H. The Kier molecular flexibility index (Phi) is 5.83. The molecule has 0 aliphatic heterocycles. The topological polar surface area (TPSA) is 65.8 Å². The van der Waals surface area contributed by atoms with Crippen molar-refractivity contribution in [3.8, 4) is 0 Å². The first-order valence-electron chi connectivity index (χ1n) is 5.84. The summed E-state index contributed by atoms with van der Waals surface area (Å²) in [7, 11) is 0. The van der Waals surface area contributed by atoms with Crippen LogP contribution in [0.5, 0.6) is 0 Å². The van der Waals surface area contributed by atoms with Crippen molar-refractivity contribution in [3.05, 3.63) is 40.8 Å². The van der Waals surface area contributed by atoms with E-state index >= 15 is 0 Å². The molecule has 2 rings (SSSR count). The zero-order chi connectivity index (χ0) is 12.5. The van der Waals surface area contributed by atoms with Gasteiger partial charge in [-0.2, -0.15) is 0 Å². The van der Waals surface area contributed by atoms with Gasteiger partial charge in [0, 0.05) is 23.4 Å². The molecule has 0 amide bonds. The molecule has 1 fully saturated rings. The van der Waals surface area contributed by atoms with E-state index < -0.39 is 0 Å². The lowest BCUT2D eigenvalue weighted by atomic mass is 9.90. The average molecular weight is 231 g/mol. The van der Waals surface area contributed by atoms with Crippen LogP contribution in [0.4, 0.5) is 5.69 Å². The van der Waals surface area contributed by atoms with Gasteiger partial charge >= 0.3 is 0 Å². The van der Waals surface area contributed by atoms with Crippen LogP contribution < -0.4 is 0 Å². The summed E-state index contributed by atoms with van der Waals surface area (Å²) >= 11 is 0. The molecule has 1 aliphatic rings. The Balaban J connectivity index is 0.000000171. The van der Waals surface area contributed by atoms with Gasteiger partial charge in [-0.25, -0.2) is 0 Å². The van der Waals surface area contributed by atoms with Gasteiger partial charge in [-0.1, -0.05) is 42.4 Å². The SMILES string of the molecule is CC1CCC(=O)CC1.[N-]=[N+]=Nc1ccccc1. The number of rotatable bonds is 1. The summed E-state index contributed by atoms with van der Waals surface area (Å²) in [5, 5.41) is 3.39. The summed E-state index contributed by atoms with van der Waals surface area (Å²) in [5.74, 6) is 1.26. The number of nitrogens with zero attached hydrogens (tertiary/aromatic N) is 3. The van der Waals surface area contributed by atoms with E-state index in [-0.39, 0.29) is 0 Å². The van der Waals surface area contributed by atoms with E-state index in [9.17, 15) is 4.79 Å². The fraction of sp³-hybridized carbons (Fsp3) is 0.462. The molecule has 0 bridgehead atoms. The van der Waals surface area contributed by atoms with Crippen LogP contribution in [-0.2, 0) is 4.79 Å². The summed E-state index contributed by atoms with van der Waals surface area (Å²) in [4.78, 5) is 13.2. The highest BCUT2D eigenvalue weighted by Crippen LogP contribution is 2.19. The number of carbonyl (C=O) groups excluding carboxylic acids is 1. The van der Waals surface area contributed by atoms with Crippen LogP contribution in [0, 0.1) is 5.92 Å². The van der Waals surface area contributed by atoms with E-state index in [1.54, 1.807) is 12.1 Å². The first kappa shape index (κ1) is 13.3. The Hall–Kier alpha value is -1.80. The Labute approximate surface area is 101 Å². The molecule has 1 aliphatic carbocycles. The van der Waals surface area contributed by atoms with Crippen LogP contribution in [0.3, 0.4) is 0 Å². The van der Waals surface area contributed by atoms with Crippen LogP contribution in [-0.4, -0.2) is 5.78 Å². The second kappa shape index (κ2) is 7.47. The van der Waals surface area contributed by atoms with Gasteiger partial charge in [0.1, 0.15) is 5.78 Å². The Morgan fingerprint density at radius 1 is 1.24 bits per heavy atom. The Morgan fingerprint density at radius 3 is 2.29 bits per heavy atom. The molecule has 0 atom stereocenters. The first-order chi connectivity index (χ1) is 8.22. The lowest BCUT2D eigenvalue weighted by Gasteiger charge is -2.14. The van der Waals surface area contributed by atoms with E-state index in [0.717, 1.165) is 31.6 Å². The molecular weight excluding hydrogens is 214 g/mol. The van der Waals surface area contributed by atoms with Crippen molar-refractivity contribution in [1.29, 1.82) is 0 Å². The molecule has 4 heteroatoms. The van der Waals surface area contributed by atoms with Gasteiger partial charge in [0.2, 0.25) is 0 Å². The van der Waals surface area contributed by atoms with Crippen LogP contribution in [0.1, 0.15) is 32.6 Å². The van der Waals surface area contributed by atoms with Crippen molar-refractivity contribution in [2.24, 2.45) is 11.0 Å². The third-order valence-corrected chi connectivity index (χ3v) is 2.75. The molecule has 0 unspecified atom stereocenters. The predicted molar refractivity (Wildman–Crippen MR) is 67.9 cm³/mol. The monoisotopic (exact) mass is 231 g/mol. The smallest absolute Gasteiger partial charge is 0.132 e. The summed E-state index contributed by atoms with van der Waals surface area (Å²) in [6, 6.07) is 9.02. The number of hydrogen-bond donors (Lipinski definition) is 0. The van der Waals surface area contributed by atoms with E-state index in [2.05, 4.69) is 16.9 Å². The van der Waals surface area contributed by atoms with Crippen molar-refractivity contribution in [3.63, 3.8) is 0 Å². The first-order valence-corrected chi connectivity index (χ1v) is 5.84. The minimum absolute atomic E-state index is 0.461. The molecule has 0 saturated heterocycles. The van der Waals surface area contributed by atoms with Crippen molar-refractivity contribution in [2.45, 2.75) is 32.6 Å². The summed E-state index contributed by atoms with van der Waals surface area (Å²) in [6.45, 7) is 2.21. The van der Waals surface area contributed by atoms with Gasteiger partial charge in [-0.15, -0.1) is 0 Å². The normalized spacial score (nSPS) is 15.5. The number of Topliss-reactive ketones (excluding diaryl/α,β-unsaturated/α-hetero) is 1. The van der Waals surface area contributed by atoms with Gasteiger partial charge in [-0.3, -0.25) is 4.79 Å². The highest BCUT2D eigenvalue weighted by atomic mass is 16.1. The molecule has 1 aromatic carbocycles. The highest BCUT2D eigenvalue weighted by molar-refractivity contribution is 5.78. The zero-order valence-electron chi connectivity index (χ0n) is 10.0. The van der Waals surface area contributed by atoms with Crippen molar-refractivity contribution < 1.29 is 4.79 Å². The number of azide groups is 1. The highest BCUT2D eigenvalue weighted by Gasteiger charge is 2.13. The molecular formula is C13H17N3O. The van der Waals surface area contributed by atoms with Crippen LogP contribution in [0.25, 0.3) is 10.4 Å². The van der Waals surface area contributed by atoms with E-state index in [1.165, 1.54) is 0 Å². The maximum Gasteiger partial charge on any atom is 0.132 e. The molecule has 0 spiro atoms. The Morgan fingerprint density at radius 2 is 1.82 bits per heavy atom. The molecule has 0 aromatic heterocycles. The van der Waals surface area contributed by atoms with Gasteiger partial charge in [0.05, 0.1) is 0 Å². The average Bonchev–Trinajstić information content (AvgIpc) is 2.36. The van der Waals surface area contributed by atoms with Crippen molar-refractivity contribution >= 4 is 11.5 Å². The lowest BCUT2D eigenvalue weighted by Crippen LogP contribution is -2.10. The summed E-state index contributed by atoms with van der Waals surface area (Å²) < 4.78 is 0. The molecule has 0 heterocycles. The third kappa shape index (κ3) is 5.73. The minimum Gasteiger partial charge on any atom is -0.300 e. The van der Waals surface area contributed by atoms with Crippen LogP contribution >= 0.6 is 0 Å². The fourth-order valence-corrected chi connectivity index (χ4v) is 1.63. The number of carbonyl (C=O) groups is 1. The van der Waals surface area contributed by atoms with Gasteiger partial charge < -0.3 is 0 Å². The lowest BCUT2D eigenvalue weighted by molar-refractivity contribution is -0.120. The summed E-state index contributed by atoms with van der Waals surface area (Å²) in [6.07, 6.45) is 3.92. The van der Waals surface area contributed by atoms with Crippen LogP contribution in [0.15, 0.2) is 35.4 Å². The second-order valence-electron chi connectivity index (χ2n) is 4.25. The Bertz CT molecular complexity index is 386. The fourth-order valence-electron chi connectivity index (χ4n) is 1.63. The largest absolute Gasteiger partial charge is 0.300 e. The molecule has 1 saturated carbocycles. The van der Waals surface area contributed by atoms with Crippen molar-refractivity contribution in [1.82, 2.24) is 0 Å². The molecule has 17 heavy (non-hydrogen) atoms. The third-order valence-electron chi connectivity index (χ3n) is 2.75. The summed E-state index contributed by atoms with van der Waals surface area (Å²) in [5.41, 5.74) is 8.63. The number of benzene rings is 1. The van der Waals surface area contributed by atoms with Gasteiger partial charge in [0.15, 0.2) is 0 Å². The van der Waals surface area contributed by atoms with E-state index in [4.69, 9.17) is 5.53 Å². The molecule has 1 aromatic rings. The van der Waals surface area contributed by atoms with E-state index in [1.807, 2.05) is 18.2 Å². The van der Waals surface area contributed by atoms with Gasteiger partial charge in [0.25, 0.3) is 0 Å². The van der Waals surface area contributed by atoms with Crippen LogP contribution in [0.2, 0.25) is 0 Å². The molecule has 4 nitrogen and oxygen atoms in total. The number of ketones is 1. The van der Waals surface area contributed by atoms with Crippen molar-refractivity contribution in [2.75, 3.05) is 0 Å². The zero-order valence-corrected chi connectivity index (χ0v) is 10.0. The maximum atomic E-state index is 10.6. The molecule has 90 valence electrons. The van der Waals surface area contributed by atoms with Gasteiger partial charge in [-0.05, 0) is 24.3 Å². The predicted octanol–water partition coefficient (Wildman–Crippen LogP) is 4.39. The number of hydrogen-bond acceptors (Lipinski definition) is 2. The molecule has 0 N–H and O–H groups in total. The molecule has 0 radical (unpaired) electrons.